The van der Waals surface area contributed by atoms with E-state index in [1.165, 1.54) is 26.0 Å². The van der Waals surface area contributed by atoms with Crippen molar-refractivity contribution in [3.05, 3.63) is 29.8 Å². The zero-order valence-corrected chi connectivity index (χ0v) is 28.1. The molecule has 3 atom stereocenters. The van der Waals surface area contributed by atoms with Gasteiger partial charge in [0, 0.05) is 13.5 Å². The molecule has 0 heterocycles. The molecule has 0 bridgehead atoms. The molecule has 10 nitrogen and oxygen atoms in total. The number of benzene rings is 1. The number of esters is 1. The highest BCUT2D eigenvalue weighted by Crippen LogP contribution is 2.37. The molecule has 0 aliphatic heterocycles. The van der Waals surface area contributed by atoms with Crippen molar-refractivity contribution >= 4 is 32.2 Å². The molecule has 0 spiro atoms. The molecule has 0 aliphatic rings. The Bertz CT molecular complexity index is 1060. The Hall–Kier alpha value is -3.08. The van der Waals surface area contributed by atoms with Gasteiger partial charge in [-0.25, -0.2) is 9.59 Å². The summed E-state index contributed by atoms with van der Waals surface area (Å²) in [5.74, 6) is -1.09. The summed E-state index contributed by atoms with van der Waals surface area (Å²) in [6.45, 7) is 21.1. The second-order valence-electron chi connectivity index (χ2n) is 13.3. The average molecular weight is 594 g/mol. The number of methoxy groups -OCH3 is 1. The summed E-state index contributed by atoms with van der Waals surface area (Å²) >= 11 is 0. The van der Waals surface area contributed by atoms with Crippen molar-refractivity contribution in [2.45, 2.75) is 111 Å². The molecular weight excluding hydrogens is 542 g/mol. The van der Waals surface area contributed by atoms with E-state index >= 15 is 0 Å². The molecule has 0 saturated heterocycles. The number of carbonyl (C=O) groups excluding carboxylic acids is 4. The van der Waals surface area contributed by atoms with E-state index in [9.17, 15) is 19.2 Å². The van der Waals surface area contributed by atoms with Crippen LogP contribution in [0.4, 0.5) is 4.79 Å². The van der Waals surface area contributed by atoms with Gasteiger partial charge in [0.2, 0.25) is 20.1 Å². The predicted molar refractivity (Wildman–Crippen MR) is 162 cm³/mol. The third-order valence-corrected chi connectivity index (χ3v) is 11.5. The van der Waals surface area contributed by atoms with Gasteiger partial charge in [0.05, 0.1) is 7.11 Å². The van der Waals surface area contributed by atoms with E-state index in [1.807, 2.05) is 24.3 Å². The van der Waals surface area contributed by atoms with Gasteiger partial charge in [-0.05, 0) is 69.4 Å². The molecule has 232 valence electrons. The first-order valence-corrected chi connectivity index (χ1v) is 16.9. The molecular formula is C30H51N3O7Si. The van der Waals surface area contributed by atoms with E-state index in [0.29, 0.717) is 0 Å². The first kappa shape index (κ1) is 35.9. The fourth-order valence-corrected chi connectivity index (χ4v) is 4.68. The minimum Gasteiger partial charge on any atom is -0.544 e. The van der Waals surface area contributed by atoms with Gasteiger partial charge in [0.25, 0.3) is 0 Å². The molecule has 3 amide bonds. The van der Waals surface area contributed by atoms with E-state index in [2.05, 4.69) is 44.5 Å². The first-order valence-electron chi connectivity index (χ1n) is 14.0. The molecule has 1 rings (SSSR count). The van der Waals surface area contributed by atoms with Crippen LogP contribution in [0.2, 0.25) is 18.1 Å². The molecule has 11 heteroatoms. The number of likely N-dealkylation sites (N-methyl/N-ethyl adjacent to an activating group) is 1. The van der Waals surface area contributed by atoms with Crippen molar-refractivity contribution in [1.82, 2.24) is 15.5 Å². The SMILES string of the molecule is COC(=O)[C@@H](NC(=O)[C@@H](Cc1ccc(O[Si](C)(C)C(C)(C)C)cc1)N(C)C(=O)[C@H](C)NC(=O)OC(C)(C)C)C(C)C. The highest BCUT2D eigenvalue weighted by molar-refractivity contribution is 6.74. The molecule has 1 aromatic carbocycles. The number of hydrogen-bond acceptors (Lipinski definition) is 7. The minimum absolute atomic E-state index is 0.0363. The van der Waals surface area contributed by atoms with E-state index in [-0.39, 0.29) is 17.4 Å². The summed E-state index contributed by atoms with van der Waals surface area (Å²) in [6.07, 6.45) is -0.574. The summed E-state index contributed by atoms with van der Waals surface area (Å²) < 4.78 is 16.5. The van der Waals surface area contributed by atoms with Gasteiger partial charge in [0.15, 0.2) is 0 Å². The van der Waals surface area contributed by atoms with E-state index in [4.69, 9.17) is 13.9 Å². The molecule has 0 radical (unpaired) electrons. The fraction of sp³-hybridized carbons (Fsp3) is 0.667. The Morgan fingerprint density at radius 2 is 1.46 bits per heavy atom. The molecule has 0 fully saturated rings. The van der Waals surface area contributed by atoms with E-state index < -0.39 is 55.9 Å². The van der Waals surface area contributed by atoms with Crippen LogP contribution in [0, 0.1) is 5.92 Å². The highest BCUT2D eigenvalue weighted by Gasteiger charge is 2.39. The largest absolute Gasteiger partial charge is 0.544 e. The second-order valence-corrected chi connectivity index (χ2v) is 18.0. The molecule has 0 aliphatic carbocycles. The molecule has 0 aromatic heterocycles. The van der Waals surface area contributed by atoms with Gasteiger partial charge in [-0.2, -0.15) is 0 Å². The van der Waals surface area contributed by atoms with Crippen molar-refractivity contribution in [2.75, 3.05) is 14.2 Å². The number of carbonyl (C=O) groups is 4. The van der Waals surface area contributed by atoms with Crippen LogP contribution >= 0.6 is 0 Å². The average Bonchev–Trinajstić information content (AvgIpc) is 2.82. The van der Waals surface area contributed by atoms with Crippen LogP contribution < -0.4 is 15.1 Å². The topological polar surface area (TPSA) is 123 Å². The van der Waals surface area contributed by atoms with Gasteiger partial charge >= 0.3 is 12.1 Å². The number of amides is 3. The van der Waals surface area contributed by atoms with Crippen LogP contribution in [-0.2, 0) is 30.3 Å². The van der Waals surface area contributed by atoms with E-state index in [1.54, 1.807) is 34.6 Å². The van der Waals surface area contributed by atoms with E-state index in [0.717, 1.165) is 11.3 Å². The lowest BCUT2D eigenvalue weighted by atomic mass is 10.0. The standard InChI is InChI=1S/C30H51N3O7Si/c1-19(2)24(27(36)38-11)32-25(34)23(33(10)26(35)20(3)31-28(37)39-29(4,5)6)18-21-14-16-22(17-15-21)40-41(12,13)30(7,8)9/h14-17,19-20,23-24H,18H2,1-13H3,(H,31,37)(H,32,34)/t20-,23+,24-/m0/s1. The van der Waals surface area contributed by atoms with Gasteiger partial charge in [-0.1, -0.05) is 46.8 Å². The van der Waals surface area contributed by atoms with Crippen molar-refractivity contribution in [2.24, 2.45) is 5.92 Å². The van der Waals surface area contributed by atoms with Crippen LogP contribution in [0.25, 0.3) is 0 Å². The third-order valence-electron chi connectivity index (χ3n) is 7.17. The summed E-state index contributed by atoms with van der Waals surface area (Å²) in [5, 5.41) is 5.32. The van der Waals surface area contributed by atoms with Crippen molar-refractivity contribution < 1.29 is 33.1 Å². The first-order chi connectivity index (χ1) is 18.6. The molecule has 0 unspecified atom stereocenters. The predicted octanol–water partition coefficient (Wildman–Crippen LogP) is 4.67. The fourth-order valence-electron chi connectivity index (χ4n) is 3.65. The smallest absolute Gasteiger partial charge is 0.408 e. The monoisotopic (exact) mass is 593 g/mol. The highest BCUT2D eigenvalue weighted by atomic mass is 28.4. The number of hydrogen-bond donors (Lipinski definition) is 2. The number of nitrogens with one attached hydrogen (secondary N) is 2. The quantitative estimate of drug-likeness (QED) is 0.282. The van der Waals surface area contributed by atoms with Crippen molar-refractivity contribution in [3.63, 3.8) is 0 Å². The lowest BCUT2D eigenvalue weighted by Crippen LogP contribution is -2.57. The van der Waals surface area contributed by atoms with Gasteiger partial charge in [-0.15, -0.1) is 0 Å². The molecule has 41 heavy (non-hydrogen) atoms. The normalized spacial score (nSPS) is 14.4. The van der Waals surface area contributed by atoms with Crippen molar-refractivity contribution in [3.8, 4) is 5.75 Å². The van der Waals surface area contributed by atoms with Gasteiger partial charge in [0.1, 0.15) is 29.5 Å². The Morgan fingerprint density at radius 3 is 1.90 bits per heavy atom. The lowest BCUT2D eigenvalue weighted by Gasteiger charge is -2.36. The summed E-state index contributed by atoms with van der Waals surface area (Å²) in [6, 6.07) is 4.62. The van der Waals surface area contributed by atoms with Gasteiger partial charge in [-0.3, -0.25) is 9.59 Å². The summed E-state index contributed by atoms with van der Waals surface area (Å²) in [4.78, 5) is 52.8. The zero-order chi connectivity index (χ0) is 31.9. The summed E-state index contributed by atoms with van der Waals surface area (Å²) in [5.41, 5.74) is 0.0563. The van der Waals surface area contributed by atoms with Crippen LogP contribution in [0.15, 0.2) is 24.3 Å². The number of alkyl carbamates (subject to hydrolysis) is 1. The van der Waals surface area contributed by atoms with Gasteiger partial charge < -0.3 is 29.4 Å². The second kappa shape index (κ2) is 14.2. The van der Waals surface area contributed by atoms with Crippen LogP contribution in [0.5, 0.6) is 5.75 Å². The van der Waals surface area contributed by atoms with Crippen LogP contribution in [0.3, 0.4) is 0 Å². The Balaban J connectivity index is 3.26. The molecule has 2 N–H and O–H groups in total. The number of rotatable bonds is 11. The molecule has 0 saturated carbocycles. The van der Waals surface area contributed by atoms with Crippen molar-refractivity contribution in [1.29, 1.82) is 0 Å². The third kappa shape index (κ3) is 11.0. The maximum absolute atomic E-state index is 13.6. The Labute approximate surface area is 247 Å². The lowest BCUT2D eigenvalue weighted by molar-refractivity contribution is -0.148. The minimum atomic E-state index is -2.04. The number of nitrogens with zero attached hydrogens (tertiary/aromatic N) is 1. The molecule has 1 aromatic rings. The Kier molecular flexibility index (Phi) is 12.4. The Morgan fingerprint density at radius 1 is 0.927 bits per heavy atom. The maximum atomic E-state index is 13.6. The maximum Gasteiger partial charge on any atom is 0.408 e. The van der Waals surface area contributed by atoms with Crippen LogP contribution in [0.1, 0.15) is 67.9 Å². The van der Waals surface area contributed by atoms with Crippen LogP contribution in [-0.4, -0.2) is 75.0 Å². The number of ether oxygens (including phenoxy) is 2. The zero-order valence-electron chi connectivity index (χ0n) is 27.1. The summed E-state index contributed by atoms with van der Waals surface area (Å²) in [7, 11) is 0.719.